The fraction of sp³-hybridized carbons (Fsp3) is 0.375. The van der Waals surface area contributed by atoms with Gasteiger partial charge in [-0.3, -0.25) is 4.98 Å². The predicted molar refractivity (Wildman–Crippen MR) is 48.0 cm³/mol. The molecule has 0 aliphatic heterocycles. The first-order chi connectivity index (χ1) is 5.65. The van der Waals surface area contributed by atoms with E-state index in [1.165, 1.54) is 0 Å². The van der Waals surface area contributed by atoms with Gasteiger partial charge in [0.1, 0.15) is 0 Å². The van der Waals surface area contributed by atoms with Gasteiger partial charge in [-0.05, 0) is 13.0 Å². The highest BCUT2D eigenvalue weighted by atomic mass is 35.5. The van der Waals surface area contributed by atoms with E-state index in [-0.39, 0.29) is 6.61 Å². The van der Waals surface area contributed by atoms with Gasteiger partial charge in [0.2, 0.25) is 0 Å². The molecule has 1 aromatic rings. The summed E-state index contributed by atoms with van der Waals surface area (Å²) in [5.74, 6) is 0. The molecule has 1 aromatic heterocycles. The molecule has 0 spiro atoms. The molecule has 1 heterocycles. The molecule has 0 aliphatic rings. The summed E-state index contributed by atoms with van der Waals surface area (Å²) < 4.78 is 0. The molecule has 0 aromatic carbocycles. The van der Waals surface area contributed by atoms with Crippen LogP contribution in [0.3, 0.4) is 0 Å². The molecule has 4 heteroatoms. The Hall–Kier alpha value is -0.640. The van der Waals surface area contributed by atoms with Gasteiger partial charge in [-0.2, -0.15) is 0 Å². The number of hydrogen-bond donors (Lipinski definition) is 2. The normalized spacial score (nSPS) is 13.0. The molecule has 0 aliphatic carbocycles. The Morgan fingerprint density at radius 3 is 2.92 bits per heavy atom. The minimum absolute atomic E-state index is 0.121. The van der Waals surface area contributed by atoms with E-state index in [9.17, 15) is 0 Å². The first-order valence-electron chi connectivity index (χ1n) is 3.63. The van der Waals surface area contributed by atoms with Crippen LogP contribution in [0.5, 0.6) is 0 Å². The molecule has 0 fully saturated rings. The Morgan fingerprint density at radius 2 is 2.42 bits per heavy atom. The van der Waals surface area contributed by atoms with Crippen molar-refractivity contribution in [2.75, 3.05) is 6.61 Å². The lowest BCUT2D eigenvalue weighted by Crippen LogP contribution is -2.15. The summed E-state index contributed by atoms with van der Waals surface area (Å²) in [6.45, 7) is 1.73. The predicted octanol–water partition coefficient (Wildman–Crippen LogP) is 1.04. The number of pyridine rings is 1. The molecule has 0 saturated heterocycles. The minimum Gasteiger partial charge on any atom is -0.394 e. The van der Waals surface area contributed by atoms with E-state index in [2.05, 4.69) is 4.98 Å². The van der Waals surface area contributed by atoms with Gasteiger partial charge in [-0.15, -0.1) is 0 Å². The van der Waals surface area contributed by atoms with Crippen molar-refractivity contribution in [3.8, 4) is 0 Å². The summed E-state index contributed by atoms with van der Waals surface area (Å²) in [7, 11) is 0. The first-order valence-corrected chi connectivity index (χ1v) is 4.01. The number of aliphatic hydroxyl groups excluding tert-OH is 1. The quantitative estimate of drug-likeness (QED) is 0.726. The highest BCUT2D eigenvalue weighted by Gasteiger charge is 2.08. The average molecular weight is 187 g/mol. The van der Waals surface area contributed by atoms with Crippen LogP contribution in [0.15, 0.2) is 12.3 Å². The maximum atomic E-state index is 8.77. The zero-order chi connectivity index (χ0) is 9.14. The Morgan fingerprint density at radius 1 is 1.75 bits per heavy atom. The molecule has 1 atom stereocenters. The summed E-state index contributed by atoms with van der Waals surface area (Å²) >= 11 is 5.87. The van der Waals surface area contributed by atoms with Gasteiger partial charge in [0.15, 0.2) is 0 Å². The number of aliphatic hydroxyl groups is 1. The maximum absolute atomic E-state index is 8.77. The van der Waals surface area contributed by atoms with Crippen LogP contribution in [-0.2, 0) is 0 Å². The topological polar surface area (TPSA) is 59.1 Å². The van der Waals surface area contributed by atoms with Crippen molar-refractivity contribution < 1.29 is 5.11 Å². The van der Waals surface area contributed by atoms with Gasteiger partial charge < -0.3 is 10.8 Å². The van der Waals surface area contributed by atoms with Crippen molar-refractivity contribution in [1.29, 1.82) is 0 Å². The Kier molecular flexibility index (Phi) is 3.03. The van der Waals surface area contributed by atoms with E-state index < -0.39 is 6.04 Å². The number of nitrogens with zero attached hydrogens (tertiary/aromatic N) is 1. The second-order valence-corrected chi connectivity index (χ2v) is 3.04. The largest absolute Gasteiger partial charge is 0.394 e. The monoisotopic (exact) mass is 186 g/mol. The Labute approximate surface area is 76.2 Å². The lowest BCUT2D eigenvalue weighted by molar-refractivity contribution is 0.268. The second kappa shape index (κ2) is 3.85. The highest BCUT2D eigenvalue weighted by molar-refractivity contribution is 6.31. The fourth-order valence-electron chi connectivity index (χ4n) is 0.908. The summed E-state index contributed by atoms with van der Waals surface area (Å²) in [6.07, 6.45) is 1.60. The third-order valence-corrected chi connectivity index (χ3v) is 1.94. The van der Waals surface area contributed by atoms with Crippen molar-refractivity contribution in [3.63, 3.8) is 0 Å². The Bertz CT molecular complexity index is 278. The average Bonchev–Trinajstić information content (AvgIpc) is 2.03. The molecule has 0 bridgehead atoms. The van der Waals surface area contributed by atoms with E-state index in [0.29, 0.717) is 10.6 Å². The summed E-state index contributed by atoms with van der Waals surface area (Å²) in [6, 6.07) is 1.29. The van der Waals surface area contributed by atoms with Gasteiger partial charge in [0.25, 0.3) is 0 Å². The van der Waals surface area contributed by atoms with Crippen LogP contribution < -0.4 is 5.73 Å². The van der Waals surface area contributed by atoms with Crippen molar-refractivity contribution in [1.82, 2.24) is 4.98 Å². The number of halogens is 1. The minimum atomic E-state index is -0.439. The number of rotatable bonds is 2. The van der Waals surface area contributed by atoms with E-state index in [1.54, 1.807) is 12.3 Å². The van der Waals surface area contributed by atoms with Crippen molar-refractivity contribution >= 4 is 11.6 Å². The van der Waals surface area contributed by atoms with Gasteiger partial charge in [-0.25, -0.2) is 0 Å². The van der Waals surface area contributed by atoms with Crippen LogP contribution in [0.1, 0.15) is 17.3 Å². The van der Waals surface area contributed by atoms with E-state index >= 15 is 0 Å². The lowest BCUT2D eigenvalue weighted by Gasteiger charge is -2.09. The van der Waals surface area contributed by atoms with E-state index in [1.807, 2.05) is 6.92 Å². The second-order valence-electron chi connectivity index (χ2n) is 2.64. The summed E-state index contributed by atoms with van der Waals surface area (Å²) in [4.78, 5) is 4.03. The molecule has 0 unspecified atom stereocenters. The van der Waals surface area contributed by atoms with Crippen LogP contribution in [0.4, 0.5) is 0 Å². The zero-order valence-electron chi connectivity index (χ0n) is 6.79. The molecule has 0 saturated carbocycles. The van der Waals surface area contributed by atoms with Crippen molar-refractivity contribution in [2.45, 2.75) is 13.0 Å². The first kappa shape index (κ1) is 9.45. The molecule has 0 amide bonds. The third-order valence-electron chi connectivity index (χ3n) is 1.61. The Balaban J connectivity index is 3.01. The van der Waals surface area contributed by atoms with Crippen LogP contribution in [0.25, 0.3) is 0 Å². The fourth-order valence-corrected chi connectivity index (χ4v) is 1.26. The number of hydrogen-bond acceptors (Lipinski definition) is 3. The molecule has 1 rings (SSSR count). The molecule has 12 heavy (non-hydrogen) atoms. The van der Waals surface area contributed by atoms with Gasteiger partial charge in [-0.1, -0.05) is 11.6 Å². The number of aryl methyl sites for hydroxylation is 1. The summed E-state index contributed by atoms with van der Waals surface area (Å²) in [5, 5.41) is 9.33. The van der Waals surface area contributed by atoms with E-state index in [4.69, 9.17) is 22.4 Å². The van der Waals surface area contributed by atoms with Crippen LogP contribution in [0, 0.1) is 6.92 Å². The zero-order valence-corrected chi connectivity index (χ0v) is 7.54. The van der Waals surface area contributed by atoms with Crippen molar-refractivity contribution in [3.05, 3.63) is 28.5 Å². The van der Waals surface area contributed by atoms with Crippen molar-refractivity contribution in [2.24, 2.45) is 5.73 Å². The summed E-state index contributed by atoms with van der Waals surface area (Å²) in [5.41, 5.74) is 7.10. The van der Waals surface area contributed by atoms with Crippen LogP contribution >= 0.6 is 11.6 Å². The van der Waals surface area contributed by atoms with Crippen LogP contribution in [-0.4, -0.2) is 16.7 Å². The van der Waals surface area contributed by atoms with Gasteiger partial charge in [0, 0.05) is 22.5 Å². The molecule has 0 radical (unpaired) electrons. The van der Waals surface area contributed by atoms with Gasteiger partial charge >= 0.3 is 0 Å². The molecule has 3 N–H and O–H groups in total. The number of nitrogens with two attached hydrogens (primary N) is 1. The highest BCUT2D eigenvalue weighted by Crippen LogP contribution is 2.20. The van der Waals surface area contributed by atoms with Gasteiger partial charge in [0.05, 0.1) is 12.6 Å². The third kappa shape index (κ3) is 1.94. The van der Waals surface area contributed by atoms with Crippen LogP contribution in [0.2, 0.25) is 5.02 Å². The smallest absolute Gasteiger partial charge is 0.0625 e. The molecular formula is C8H11ClN2O. The standard InChI is InChI=1S/C8H11ClN2O/c1-5-2-7(9)6(3-11-5)8(10)4-12/h2-3,8,12H,4,10H2,1H3/t8-/m0/s1. The maximum Gasteiger partial charge on any atom is 0.0625 e. The number of aromatic nitrogens is 1. The molecule has 3 nitrogen and oxygen atoms in total. The SMILES string of the molecule is Cc1cc(Cl)c([C@@H](N)CO)cn1. The lowest BCUT2D eigenvalue weighted by atomic mass is 10.1. The molecule has 66 valence electrons. The molecular weight excluding hydrogens is 176 g/mol. The van der Waals surface area contributed by atoms with E-state index in [0.717, 1.165) is 5.69 Å².